The molecule has 1 aromatic heterocycles. The molecule has 3 N–H and O–H groups in total. The Morgan fingerprint density at radius 2 is 2.00 bits per heavy atom. The van der Waals surface area contributed by atoms with Crippen molar-refractivity contribution in [2.24, 2.45) is 0 Å². The van der Waals surface area contributed by atoms with E-state index in [0.717, 1.165) is 0 Å². The Morgan fingerprint density at radius 1 is 1.25 bits per heavy atom. The minimum atomic E-state index is -0.249. The van der Waals surface area contributed by atoms with Gasteiger partial charge in [-0.3, -0.25) is 4.79 Å². The fraction of sp³-hybridized carbons (Fsp3) is 0.154. The Balaban J connectivity index is 2.19. The van der Waals surface area contributed by atoms with Gasteiger partial charge in [0, 0.05) is 20.2 Å². The molecule has 1 amide bonds. The number of hydrogen-bond donors (Lipinski definition) is 2. The van der Waals surface area contributed by atoms with Crippen molar-refractivity contribution in [1.82, 2.24) is 15.1 Å². The van der Waals surface area contributed by atoms with Gasteiger partial charge in [0.25, 0.3) is 5.91 Å². The molecule has 0 bridgehead atoms. The van der Waals surface area contributed by atoms with E-state index in [0.29, 0.717) is 0 Å². The van der Waals surface area contributed by atoms with Crippen molar-refractivity contribution in [2.75, 3.05) is 19.8 Å². The summed E-state index contributed by atoms with van der Waals surface area (Å²) < 4.78 is 5.40. The summed E-state index contributed by atoms with van der Waals surface area (Å²) in [4.78, 5) is 13.0. The number of rotatable bonds is 3. The molecule has 0 aliphatic rings. The van der Waals surface area contributed by atoms with Crippen LogP contribution in [0.4, 0.5) is 5.69 Å². The van der Waals surface area contributed by atoms with Crippen LogP contribution in [0.25, 0.3) is 0 Å². The molecule has 104 valence electrons. The Bertz CT molecular complexity index is 626. The topological polar surface area (TPSA) is 102 Å². The van der Waals surface area contributed by atoms with Crippen LogP contribution in [0.3, 0.4) is 0 Å². The minimum absolute atomic E-state index is 0.0742. The molecule has 2 aromatic rings. The van der Waals surface area contributed by atoms with E-state index in [4.69, 9.17) is 10.5 Å². The third-order valence-electron chi connectivity index (χ3n) is 2.52. The summed E-state index contributed by atoms with van der Waals surface area (Å²) >= 11 is 0. The van der Waals surface area contributed by atoms with E-state index in [1.54, 1.807) is 26.2 Å². The first-order chi connectivity index (χ1) is 9.49. The molecule has 7 nitrogen and oxygen atoms in total. The summed E-state index contributed by atoms with van der Waals surface area (Å²) in [6.45, 7) is 0. The van der Waals surface area contributed by atoms with Gasteiger partial charge in [-0.15, -0.1) is 10.2 Å². The quantitative estimate of drug-likeness (QED) is 0.645. The Kier molecular flexibility index (Phi) is 3.69. The number of ether oxygens (including phenoxy) is 1. The van der Waals surface area contributed by atoms with Crippen molar-refractivity contribution in [1.29, 1.82) is 0 Å². The molecule has 0 spiro atoms. The monoisotopic (exact) mass is 274 g/mol. The van der Waals surface area contributed by atoms with E-state index in [-0.39, 0.29) is 34.7 Å². The number of nitrogen functional groups attached to an aromatic ring is 1. The highest BCUT2D eigenvalue weighted by Gasteiger charge is 2.11. The van der Waals surface area contributed by atoms with Crippen molar-refractivity contribution < 1.29 is 14.6 Å². The number of phenols is 1. The average molecular weight is 274 g/mol. The number of benzene rings is 1. The van der Waals surface area contributed by atoms with E-state index < -0.39 is 0 Å². The molecule has 1 heterocycles. The fourth-order valence-corrected chi connectivity index (χ4v) is 1.45. The number of phenolic OH excluding ortho intramolecular Hbond substituents is 1. The number of carbonyl (C=O) groups excluding carboxylic acids is 1. The van der Waals surface area contributed by atoms with Gasteiger partial charge < -0.3 is 20.5 Å². The lowest BCUT2D eigenvalue weighted by Crippen LogP contribution is -2.23. The van der Waals surface area contributed by atoms with E-state index in [1.807, 2.05) is 0 Å². The minimum Gasteiger partial charge on any atom is -0.506 e. The van der Waals surface area contributed by atoms with Gasteiger partial charge in [-0.05, 0) is 18.2 Å². The van der Waals surface area contributed by atoms with Crippen LogP contribution in [-0.2, 0) is 0 Å². The molecule has 0 aliphatic carbocycles. The van der Waals surface area contributed by atoms with Crippen LogP contribution >= 0.6 is 0 Å². The van der Waals surface area contributed by atoms with E-state index in [9.17, 15) is 9.90 Å². The molecule has 0 radical (unpaired) electrons. The standard InChI is InChI=1S/C13H14N4O3/c1-17(2)13(19)8-6-7-11(16-15-8)20-10-5-3-4-9(18)12(10)14/h3-7,18H,14H2,1-2H3. The molecule has 1 aromatic carbocycles. The van der Waals surface area contributed by atoms with Gasteiger partial charge >= 0.3 is 0 Å². The molecule has 7 heteroatoms. The molecular weight excluding hydrogens is 260 g/mol. The maximum atomic E-state index is 11.6. The highest BCUT2D eigenvalue weighted by Crippen LogP contribution is 2.32. The first-order valence-corrected chi connectivity index (χ1v) is 5.79. The predicted molar refractivity (Wildman–Crippen MR) is 72.6 cm³/mol. The van der Waals surface area contributed by atoms with Crippen LogP contribution in [0.1, 0.15) is 10.5 Å². The number of aromatic hydroxyl groups is 1. The van der Waals surface area contributed by atoms with E-state index >= 15 is 0 Å². The predicted octanol–water partition coefficient (Wildman–Crippen LogP) is 1.26. The third kappa shape index (κ3) is 2.77. The lowest BCUT2D eigenvalue weighted by Gasteiger charge is -2.10. The lowest BCUT2D eigenvalue weighted by atomic mass is 10.3. The van der Waals surface area contributed by atoms with Gasteiger partial charge in [-0.1, -0.05) is 6.07 Å². The Labute approximate surface area is 115 Å². The van der Waals surface area contributed by atoms with Crippen molar-refractivity contribution in [3.05, 3.63) is 36.0 Å². The molecule has 0 fully saturated rings. The molecule has 0 unspecified atom stereocenters. The lowest BCUT2D eigenvalue weighted by molar-refractivity contribution is 0.0820. The summed E-state index contributed by atoms with van der Waals surface area (Å²) in [6, 6.07) is 7.65. The average Bonchev–Trinajstić information content (AvgIpc) is 2.44. The van der Waals surface area contributed by atoms with Gasteiger partial charge in [-0.2, -0.15) is 0 Å². The molecule has 0 saturated carbocycles. The smallest absolute Gasteiger partial charge is 0.273 e. The maximum absolute atomic E-state index is 11.6. The first kappa shape index (κ1) is 13.6. The summed E-state index contributed by atoms with van der Waals surface area (Å²) in [5, 5.41) is 17.0. The highest BCUT2D eigenvalue weighted by atomic mass is 16.5. The normalized spacial score (nSPS) is 10.1. The van der Waals surface area contributed by atoms with Crippen LogP contribution in [0, 0.1) is 0 Å². The molecule has 2 rings (SSSR count). The zero-order valence-corrected chi connectivity index (χ0v) is 11.1. The first-order valence-electron chi connectivity index (χ1n) is 5.79. The largest absolute Gasteiger partial charge is 0.506 e. The number of nitrogens with two attached hydrogens (primary N) is 1. The van der Waals surface area contributed by atoms with Crippen molar-refractivity contribution in [2.45, 2.75) is 0 Å². The molecule has 0 aliphatic heterocycles. The number of aromatic nitrogens is 2. The maximum Gasteiger partial charge on any atom is 0.273 e. The molecular formula is C13H14N4O3. The van der Waals surface area contributed by atoms with Crippen molar-refractivity contribution >= 4 is 11.6 Å². The summed E-state index contributed by atoms with van der Waals surface area (Å²) in [6.07, 6.45) is 0. The third-order valence-corrected chi connectivity index (χ3v) is 2.52. The van der Waals surface area contributed by atoms with Crippen molar-refractivity contribution in [3.8, 4) is 17.4 Å². The van der Waals surface area contributed by atoms with Gasteiger partial charge in [0.2, 0.25) is 5.88 Å². The summed E-state index contributed by atoms with van der Waals surface area (Å²) in [5.74, 6) is 0.124. The number of anilines is 1. The highest BCUT2D eigenvalue weighted by molar-refractivity contribution is 5.91. The zero-order valence-electron chi connectivity index (χ0n) is 11.1. The molecule has 0 atom stereocenters. The van der Waals surface area contributed by atoms with Crippen LogP contribution in [0.5, 0.6) is 17.4 Å². The number of carbonyl (C=O) groups is 1. The summed E-state index contributed by atoms with van der Waals surface area (Å²) in [5.41, 5.74) is 5.99. The second-order valence-corrected chi connectivity index (χ2v) is 4.25. The van der Waals surface area contributed by atoms with Gasteiger partial charge in [0.1, 0.15) is 11.4 Å². The number of hydrogen-bond acceptors (Lipinski definition) is 6. The number of amides is 1. The van der Waals surface area contributed by atoms with Crippen LogP contribution in [0.15, 0.2) is 30.3 Å². The van der Waals surface area contributed by atoms with Gasteiger partial charge in [0.05, 0.1) is 0 Å². The van der Waals surface area contributed by atoms with E-state index in [2.05, 4.69) is 10.2 Å². The Hall–Kier alpha value is -2.83. The second kappa shape index (κ2) is 5.43. The molecule has 0 saturated heterocycles. The SMILES string of the molecule is CN(C)C(=O)c1ccc(Oc2cccc(O)c2N)nn1. The van der Waals surface area contributed by atoms with E-state index in [1.165, 1.54) is 23.1 Å². The van der Waals surface area contributed by atoms with Gasteiger partial charge in [0.15, 0.2) is 11.4 Å². The molecule has 20 heavy (non-hydrogen) atoms. The van der Waals surface area contributed by atoms with Crippen LogP contribution in [0.2, 0.25) is 0 Å². The summed E-state index contributed by atoms with van der Waals surface area (Å²) in [7, 11) is 3.25. The number of nitrogens with zero attached hydrogens (tertiary/aromatic N) is 3. The zero-order chi connectivity index (χ0) is 14.7. The number of para-hydroxylation sites is 1. The van der Waals surface area contributed by atoms with Crippen molar-refractivity contribution in [3.63, 3.8) is 0 Å². The van der Waals surface area contributed by atoms with Crippen LogP contribution < -0.4 is 10.5 Å². The second-order valence-electron chi connectivity index (χ2n) is 4.25. The fourth-order valence-electron chi connectivity index (χ4n) is 1.45. The van der Waals surface area contributed by atoms with Gasteiger partial charge in [-0.25, -0.2) is 0 Å². The van der Waals surface area contributed by atoms with Crippen LogP contribution in [-0.4, -0.2) is 40.2 Å². The Morgan fingerprint density at radius 3 is 2.60 bits per heavy atom.